The van der Waals surface area contributed by atoms with Crippen LogP contribution >= 0.6 is 11.3 Å². The predicted octanol–water partition coefficient (Wildman–Crippen LogP) is 4.52. The molecule has 1 aliphatic carbocycles. The van der Waals surface area contributed by atoms with E-state index in [4.69, 9.17) is 0 Å². The number of carbonyl (C=O) groups excluding carboxylic acids is 2. The van der Waals surface area contributed by atoms with Crippen molar-refractivity contribution in [1.82, 2.24) is 9.29 Å². The fraction of sp³-hybridized carbons (Fsp3) is 0.125. The third kappa shape index (κ3) is 3.23. The van der Waals surface area contributed by atoms with E-state index >= 15 is 0 Å². The van der Waals surface area contributed by atoms with Crippen LogP contribution in [-0.2, 0) is 10.0 Å². The molecule has 1 aliphatic heterocycles. The Morgan fingerprint density at radius 3 is 2.55 bits per heavy atom. The Kier molecular flexibility index (Phi) is 4.40. The van der Waals surface area contributed by atoms with Gasteiger partial charge in [0.1, 0.15) is 9.90 Å². The number of aromatic nitrogens is 1. The van der Waals surface area contributed by atoms with E-state index in [0.29, 0.717) is 18.5 Å². The summed E-state index contributed by atoms with van der Waals surface area (Å²) in [4.78, 5) is 30.2. The molecular weight excluding hydrogens is 458 g/mol. The Labute approximate surface area is 193 Å². The first-order valence-electron chi connectivity index (χ1n) is 10.4. The lowest BCUT2D eigenvalue weighted by Gasteiger charge is -2.13. The van der Waals surface area contributed by atoms with Crippen molar-refractivity contribution in [2.24, 2.45) is 0 Å². The summed E-state index contributed by atoms with van der Waals surface area (Å²) in [5.41, 5.74) is 2.51. The fourth-order valence-electron chi connectivity index (χ4n) is 4.02. The number of amides is 2. The minimum absolute atomic E-state index is 0.105. The van der Waals surface area contributed by atoms with Crippen molar-refractivity contribution < 1.29 is 18.0 Å². The standard InChI is InChI=1S/C24H17N3O4S2/c28-22(14-9-12-17-21(13-14)33(30,31)27(24(17)29)15-10-11-15)25-18-6-2-1-5-16(18)23-26-19-7-3-4-8-20(19)32-23/h1-9,12-13,15H,10-11H2,(H,25,28). The van der Waals surface area contributed by atoms with Gasteiger partial charge >= 0.3 is 0 Å². The molecule has 0 atom stereocenters. The number of anilines is 1. The summed E-state index contributed by atoms with van der Waals surface area (Å²) in [5, 5.41) is 3.65. The molecule has 1 saturated carbocycles. The maximum absolute atomic E-state index is 13.1. The fourth-order valence-corrected chi connectivity index (χ4v) is 6.87. The van der Waals surface area contributed by atoms with Crippen molar-refractivity contribution in [3.8, 4) is 10.6 Å². The average molecular weight is 476 g/mol. The van der Waals surface area contributed by atoms with Gasteiger partial charge in [-0.15, -0.1) is 11.3 Å². The van der Waals surface area contributed by atoms with E-state index in [0.717, 1.165) is 25.1 Å². The van der Waals surface area contributed by atoms with Gasteiger partial charge in [-0.05, 0) is 55.3 Å². The predicted molar refractivity (Wildman–Crippen MR) is 126 cm³/mol. The number of fused-ring (bicyclic) bond motifs is 2. The molecule has 1 aromatic heterocycles. The van der Waals surface area contributed by atoms with Gasteiger partial charge in [0.05, 0.1) is 21.5 Å². The third-order valence-corrected chi connectivity index (χ3v) is 8.73. The van der Waals surface area contributed by atoms with Gasteiger partial charge in [-0.3, -0.25) is 9.59 Å². The highest BCUT2D eigenvalue weighted by atomic mass is 32.2. The normalized spacial score (nSPS) is 16.7. The number of nitrogens with one attached hydrogen (secondary N) is 1. The van der Waals surface area contributed by atoms with Crippen molar-refractivity contribution >= 4 is 49.1 Å². The Morgan fingerprint density at radius 2 is 1.76 bits per heavy atom. The summed E-state index contributed by atoms with van der Waals surface area (Å²) >= 11 is 1.53. The number of thiazole rings is 1. The smallest absolute Gasteiger partial charge is 0.269 e. The lowest BCUT2D eigenvalue weighted by molar-refractivity contribution is 0.0864. The molecule has 9 heteroatoms. The first-order chi connectivity index (χ1) is 15.9. The van der Waals surface area contributed by atoms with E-state index in [1.807, 2.05) is 42.5 Å². The van der Waals surface area contributed by atoms with E-state index < -0.39 is 21.8 Å². The second-order valence-electron chi connectivity index (χ2n) is 8.03. The Morgan fingerprint density at radius 1 is 1.00 bits per heavy atom. The van der Waals surface area contributed by atoms with Crippen LogP contribution in [0.4, 0.5) is 5.69 Å². The zero-order valence-electron chi connectivity index (χ0n) is 17.2. The van der Waals surface area contributed by atoms with Crippen molar-refractivity contribution in [1.29, 1.82) is 0 Å². The zero-order chi connectivity index (χ0) is 22.7. The van der Waals surface area contributed by atoms with Gasteiger partial charge in [0, 0.05) is 17.2 Å². The largest absolute Gasteiger partial charge is 0.321 e. The summed E-state index contributed by atoms with van der Waals surface area (Å²) in [6.45, 7) is 0. The van der Waals surface area contributed by atoms with Gasteiger partial charge in [0.2, 0.25) is 0 Å². The van der Waals surface area contributed by atoms with E-state index in [9.17, 15) is 18.0 Å². The summed E-state index contributed by atoms with van der Waals surface area (Å²) in [6.07, 6.45) is 1.35. The highest BCUT2D eigenvalue weighted by Gasteiger charge is 2.48. The lowest BCUT2D eigenvalue weighted by Crippen LogP contribution is -2.31. The van der Waals surface area contributed by atoms with Crippen LogP contribution in [0.25, 0.3) is 20.8 Å². The van der Waals surface area contributed by atoms with Gasteiger partial charge in [-0.25, -0.2) is 17.7 Å². The minimum atomic E-state index is -3.93. The Bertz CT molecular complexity index is 1540. The molecule has 0 saturated heterocycles. The Hall–Kier alpha value is -3.56. The molecule has 4 aromatic rings. The van der Waals surface area contributed by atoms with Gasteiger partial charge in [0.15, 0.2) is 0 Å². The average Bonchev–Trinajstić information content (AvgIpc) is 3.50. The van der Waals surface area contributed by atoms with Gasteiger partial charge < -0.3 is 5.32 Å². The quantitative estimate of drug-likeness (QED) is 0.468. The van der Waals surface area contributed by atoms with E-state index in [1.165, 1.54) is 29.5 Å². The van der Waals surface area contributed by atoms with E-state index in [-0.39, 0.29) is 22.1 Å². The molecule has 0 bridgehead atoms. The van der Waals surface area contributed by atoms with E-state index in [1.54, 1.807) is 6.07 Å². The molecule has 2 aliphatic rings. The number of hydrogen-bond acceptors (Lipinski definition) is 6. The minimum Gasteiger partial charge on any atom is -0.321 e. The first-order valence-corrected chi connectivity index (χ1v) is 12.7. The van der Waals surface area contributed by atoms with Gasteiger partial charge in [0.25, 0.3) is 21.8 Å². The second kappa shape index (κ2) is 7.23. The number of sulfonamides is 1. The molecule has 0 unspecified atom stereocenters. The summed E-state index contributed by atoms with van der Waals surface area (Å²) < 4.78 is 27.8. The monoisotopic (exact) mass is 475 g/mol. The molecule has 33 heavy (non-hydrogen) atoms. The van der Waals surface area contributed by atoms with Gasteiger partial charge in [-0.1, -0.05) is 24.3 Å². The van der Waals surface area contributed by atoms with Crippen LogP contribution in [0, 0.1) is 0 Å². The summed E-state index contributed by atoms with van der Waals surface area (Å²) in [7, 11) is -3.93. The second-order valence-corrected chi connectivity index (χ2v) is 10.8. The zero-order valence-corrected chi connectivity index (χ0v) is 18.8. The number of benzene rings is 3. The highest BCUT2D eigenvalue weighted by Crippen LogP contribution is 2.40. The number of para-hydroxylation sites is 2. The SMILES string of the molecule is O=C(Nc1ccccc1-c1nc2ccccc2s1)c1ccc2c(c1)S(=O)(=O)N(C1CC1)C2=O. The molecule has 0 spiro atoms. The first kappa shape index (κ1) is 20.1. The van der Waals surface area contributed by atoms with Crippen molar-refractivity contribution in [2.45, 2.75) is 23.8 Å². The van der Waals surface area contributed by atoms with Crippen LogP contribution in [0.5, 0.6) is 0 Å². The van der Waals surface area contributed by atoms with Crippen LogP contribution in [-0.4, -0.2) is 35.6 Å². The number of rotatable bonds is 4. The number of nitrogens with zero attached hydrogens (tertiary/aromatic N) is 2. The molecule has 3 aromatic carbocycles. The summed E-state index contributed by atoms with van der Waals surface area (Å²) in [6, 6.07) is 19.1. The van der Waals surface area contributed by atoms with Crippen LogP contribution in [0.1, 0.15) is 33.6 Å². The maximum atomic E-state index is 13.1. The van der Waals surface area contributed by atoms with Crippen LogP contribution in [0.2, 0.25) is 0 Å². The molecule has 2 amide bonds. The number of carbonyl (C=O) groups is 2. The van der Waals surface area contributed by atoms with Crippen LogP contribution in [0.3, 0.4) is 0 Å². The highest BCUT2D eigenvalue weighted by molar-refractivity contribution is 7.90. The van der Waals surface area contributed by atoms with Crippen LogP contribution < -0.4 is 5.32 Å². The molecule has 0 radical (unpaired) electrons. The molecule has 1 N–H and O–H groups in total. The van der Waals surface area contributed by atoms with Gasteiger partial charge in [-0.2, -0.15) is 0 Å². The van der Waals surface area contributed by atoms with E-state index in [2.05, 4.69) is 10.3 Å². The molecule has 1 fully saturated rings. The van der Waals surface area contributed by atoms with Crippen molar-refractivity contribution in [3.05, 3.63) is 77.9 Å². The molecule has 2 heterocycles. The molecule has 7 nitrogen and oxygen atoms in total. The summed E-state index contributed by atoms with van der Waals surface area (Å²) in [5.74, 6) is -0.973. The Balaban J connectivity index is 1.34. The molecule has 164 valence electrons. The molecular formula is C24H17N3O4S2. The van der Waals surface area contributed by atoms with Crippen molar-refractivity contribution in [3.63, 3.8) is 0 Å². The third-order valence-electron chi connectivity index (χ3n) is 5.79. The molecule has 6 rings (SSSR count). The van der Waals surface area contributed by atoms with Crippen LogP contribution in [0.15, 0.2) is 71.6 Å². The van der Waals surface area contributed by atoms with Crippen molar-refractivity contribution in [2.75, 3.05) is 5.32 Å². The lowest BCUT2D eigenvalue weighted by atomic mass is 10.1. The topological polar surface area (TPSA) is 96.4 Å². The number of hydrogen-bond donors (Lipinski definition) is 1. The maximum Gasteiger partial charge on any atom is 0.269 e.